The number of amides is 1. The lowest BCUT2D eigenvalue weighted by atomic mass is 10.1. The fourth-order valence-electron chi connectivity index (χ4n) is 1.62. The van der Waals surface area contributed by atoms with Crippen LogP contribution in [0.25, 0.3) is 11.0 Å². The quantitative estimate of drug-likeness (QED) is 0.807. The first-order valence-electron chi connectivity index (χ1n) is 5.55. The Hall–Kier alpha value is -2.30. The highest BCUT2D eigenvalue weighted by molar-refractivity contribution is 5.96. The molecule has 0 bridgehead atoms. The number of hydrogen-bond donors (Lipinski definition) is 2. The Morgan fingerprint density at radius 3 is 2.83 bits per heavy atom. The number of carboxylic acids is 1. The lowest BCUT2D eigenvalue weighted by Crippen LogP contribution is -2.33. The molecule has 0 saturated carbocycles. The highest BCUT2D eigenvalue weighted by Gasteiger charge is 2.20. The molecule has 2 rings (SSSR count). The fourth-order valence-corrected chi connectivity index (χ4v) is 1.62. The summed E-state index contributed by atoms with van der Waals surface area (Å²) in [5, 5.41) is 12.2. The molecule has 1 atom stereocenters. The van der Waals surface area contributed by atoms with Gasteiger partial charge in [0.2, 0.25) is 5.91 Å². The number of carboxylic acid groups (broad SMARTS) is 1. The van der Waals surface area contributed by atoms with E-state index in [2.05, 4.69) is 5.32 Å². The van der Waals surface area contributed by atoms with Gasteiger partial charge in [0.25, 0.3) is 0 Å². The van der Waals surface area contributed by atoms with Gasteiger partial charge in [-0.15, -0.1) is 0 Å². The predicted molar refractivity (Wildman–Crippen MR) is 64.9 cm³/mol. The average Bonchev–Trinajstić information content (AvgIpc) is 2.78. The molecular formula is C13H13NO4. The van der Waals surface area contributed by atoms with Crippen LogP contribution in [0.3, 0.4) is 0 Å². The summed E-state index contributed by atoms with van der Waals surface area (Å²) in [6, 6.07) is 7.46. The van der Waals surface area contributed by atoms with Crippen molar-refractivity contribution in [3.63, 3.8) is 0 Å². The SMILES string of the molecule is CC(C(=O)O)C(=O)NCc1coc2ccccc12. The third-order valence-corrected chi connectivity index (χ3v) is 2.78. The molecule has 1 aromatic heterocycles. The Labute approximate surface area is 103 Å². The average molecular weight is 247 g/mol. The van der Waals surface area contributed by atoms with Gasteiger partial charge in [-0.2, -0.15) is 0 Å². The molecule has 1 unspecified atom stereocenters. The van der Waals surface area contributed by atoms with Crippen molar-refractivity contribution in [2.75, 3.05) is 0 Å². The zero-order valence-corrected chi connectivity index (χ0v) is 9.84. The van der Waals surface area contributed by atoms with Gasteiger partial charge in [-0.3, -0.25) is 9.59 Å². The highest BCUT2D eigenvalue weighted by atomic mass is 16.4. The number of furan rings is 1. The lowest BCUT2D eigenvalue weighted by molar-refractivity contribution is -0.146. The van der Waals surface area contributed by atoms with Crippen molar-refractivity contribution in [3.05, 3.63) is 36.1 Å². The summed E-state index contributed by atoms with van der Waals surface area (Å²) < 4.78 is 5.32. The smallest absolute Gasteiger partial charge is 0.315 e. The van der Waals surface area contributed by atoms with Gasteiger partial charge in [-0.05, 0) is 13.0 Å². The number of nitrogens with one attached hydrogen (secondary N) is 1. The molecule has 18 heavy (non-hydrogen) atoms. The monoisotopic (exact) mass is 247 g/mol. The van der Waals surface area contributed by atoms with Crippen molar-refractivity contribution < 1.29 is 19.1 Å². The molecule has 0 spiro atoms. The van der Waals surface area contributed by atoms with Gasteiger partial charge < -0.3 is 14.8 Å². The number of hydrogen-bond acceptors (Lipinski definition) is 3. The van der Waals surface area contributed by atoms with Crippen LogP contribution in [0.4, 0.5) is 0 Å². The van der Waals surface area contributed by atoms with E-state index in [1.807, 2.05) is 24.3 Å². The Kier molecular flexibility index (Phi) is 3.32. The number of carbonyl (C=O) groups excluding carboxylic acids is 1. The molecule has 94 valence electrons. The van der Waals surface area contributed by atoms with Crippen molar-refractivity contribution in [3.8, 4) is 0 Å². The first kappa shape index (κ1) is 12.2. The van der Waals surface area contributed by atoms with E-state index < -0.39 is 17.8 Å². The van der Waals surface area contributed by atoms with Crippen LogP contribution in [-0.4, -0.2) is 17.0 Å². The summed E-state index contributed by atoms with van der Waals surface area (Å²) in [5.41, 5.74) is 1.57. The van der Waals surface area contributed by atoms with Crippen molar-refractivity contribution in [1.29, 1.82) is 0 Å². The Morgan fingerprint density at radius 1 is 1.39 bits per heavy atom. The van der Waals surface area contributed by atoms with E-state index in [-0.39, 0.29) is 6.54 Å². The number of aliphatic carboxylic acids is 1. The minimum Gasteiger partial charge on any atom is -0.481 e. The van der Waals surface area contributed by atoms with Crippen LogP contribution in [0.2, 0.25) is 0 Å². The van der Waals surface area contributed by atoms with E-state index in [9.17, 15) is 9.59 Å². The molecule has 0 aliphatic heterocycles. The maximum absolute atomic E-state index is 11.5. The van der Waals surface area contributed by atoms with Crippen LogP contribution in [-0.2, 0) is 16.1 Å². The second-order valence-electron chi connectivity index (χ2n) is 4.03. The lowest BCUT2D eigenvalue weighted by Gasteiger charge is -2.07. The van der Waals surface area contributed by atoms with Crippen LogP contribution in [0.15, 0.2) is 34.9 Å². The molecule has 5 heteroatoms. The normalized spacial score (nSPS) is 12.3. The van der Waals surface area contributed by atoms with Gasteiger partial charge >= 0.3 is 5.97 Å². The highest BCUT2D eigenvalue weighted by Crippen LogP contribution is 2.20. The first-order valence-corrected chi connectivity index (χ1v) is 5.55. The van der Waals surface area contributed by atoms with Gasteiger partial charge in [-0.1, -0.05) is 18.2 Å². The molecule has 1 heterocycles. The summed E-state index contributed by atoms with van der Waals surface area (Å²) in [4.78, 5) is 22.1. The predicted octanol–water partition coefficient (Wildman–Crippen LogP) is 1.77. The molecule has 5 nitrogen and oxygen atoms in total. The Bertz CT molecular complexity index is 587. The zero-order chi connectivity index (χ0) is 13.1. The zero-order valence-electron chi connectivity index (χ0n) is 9.84. The number of rotatable bonds is 4. The summed E-state index contributed by atoms with van der Waals surface area (Å²) in [6.45, 7) is 1.61. The van der Waals surface area contributed by atoms with Crippen LogP contribution in [0.5, 0.6) is 0 Å². The molecular weight excluding hydrogens is 234 g/mol. The minimum atomic E-state index is -1.13. The van der Waals surface area contributed by atoms with E-state index in [1.165, 1.54) is 6.92 Å². The molecule has 1 aromatic carbocycles. The number of benzene rings is 1. The minimum absolute atomic E-state index is 0.257. The molecule has 1 amide bonds. The van der Waals surface area contributed by atoms with Crippen LogP contribution >= 0.6 is 0 Å². The maximum Gasteiger partial charge on any atom is 0.315 e. The van der Waals surface area contributed by atoms with E-state index in [1.54, 1.807) is 6.26 Å². The third kappa shape index (κ3) is 2.34. The van der Waals surface area contributed by atoms with E-state index >= 15 is 0 Å². The molecule has 0 aliphatic rings. The third-order valence-electron chi connectivity index (χ3n) is 2.78. The standard InChI is InChI=1S/C13H13NO4/c1-8(13(16)17)12(15)14-6-9-7-18-11-5-3-2-4-10(9)11/h2-5,7-8H,6H2,1H3,(H,14,15)(H,16,17). The largest absolute Gasteiger partial charge is 0.481 e. The van der Waals surface area contributed by atoms with Crippen molar-refractivity contribution in [2.24, 2.45) is 5.92 Å². The fraction of sp³-hybridized carbons (Fsp3) is 0.231. The summed E-state index contributed by atoms with van der Waals surface area (Å²) in [7, 11) is 0. The first-order chi connectivity index (χ1) is 8.59. The number of carbonyl (C=O) groups is 2. The molecule has 0 radical (unpaired) electrons. The molecule has 0 fully saturated rings. The van der Waals surface area contributed by atoms with Gasteiger partial charge in [0.15, 0.2) is 0 Å². The van der Waals surface area contributed by atoms with Gasteiger partial charge in [0.1, 0.15) is 11.5 Å². The van der Waals surface area contributed by atoms with E-state index in [0.717, 1.165) is 16.5 Å². The van der Waals surface area contributed by atoms with Crippen LogP contribution in [0, 0.1) is 5.92 Å². The van der Waals surface area contributed by atoms with Crippen molar-refractivity contribution in [1.82, 2.24) is 5.32 Å². The Morgan fingerprint density at radius 2 is 2.11 bits per heavy atom. The van der Waals surface area contributed by atoms with Crippen molar-refractivity contribution >= 4 is 22.8 Å². The van der Waals surface area contributed by atoms with Gasteiger partial charge in [0.05, 0.1) is 6.26 Å². The summed E-state index contributed by atoms with van der Waals surface area (Å²) >= 11 is 0. The maximum atomic E-state index is 11.5. The second kappa shape index (κ2) is 4.91. The van der Waals surface area contributed by atoms with E-state index in [4.69, 9.17) is 9.52 Å². The molecule has 2 N–H and O–H groups in total. The summed E-state index contributed by atoms with van der Waals surface area (Å²) in [6.07, 6.45) is 1.57. The van der Waals surface area contributed by atoms with Crippen LogP contribution < -0.4 is 5.32 Å². The Balaban J connectivity index is 2.07. The van der Waals surface area contributed by atoms with Gasteiger partial charge in [0, 0.05) is 17.5 Å². The van der Waals surface area contributed by atoms with Gasteiger partial charge in [-0.25, -0.2) is 0 Å². The molecule has 0 aliphatic carbocycles. The topological polar surface area (TPSA) is 79.5 Å². The molecule has 0 saturated heterocycles. The van der Waals surface area contributed by atoms with Crippen molar-refractivity contribution in [2.45, 2.75) is 13.5 Å². The van der Waals surface area contributed by atoms with Crippen LogP contribution in [0.1, 0.15) is 12.5 Å². The van der Waals surface area contributed by atoms with E-state index in [0.29, 0.717) is 0 Å². The number of fused-ring (bicyclic) bond motifs is 1. The number of para-hydroxylation sites is 1. The molecule has 2 aromatic rings. The second-order valence-corrected chi connectivity index (χ2v) is 4.03. The summed E-state index contributed by atoms with van der Waals surface area (Å²) in [5.74, 6) is -2.69.